The van der Waals surface area contributed by atoms with Crippen LogP contribution in [-0.4, -0.2) is 40.8 Å². The SMILES string of the molecule is COc1ccc(-n2c(-c3ccc(C#N)c(F)c3)nc3c(N4CCC[C@@H](N)C4)ccnc32)cc1F. The summed E-state index contributed by atoms with van der Waals surface area (Å²) in [5.74, 6) is -0.717. The minimum atomic E-state index is -0.658. The molecule has 9 heteroatoms. The molecule has 4 aromatic rings. The zero-order chi connectivity index (χ0) is 23.8. The second kappa shape index (κ2) is 8.72. The van der Waals surface area contributed by atoms with E-state index in [1.54, 1.807) is 22.9 Å². The van der Waals surface area contributed by atoms with E-state index in [1.165, 1.54) is 31.4 Å². The summed E-state index contributed by atoms with van der Waals surface area (Å²) in [6.45, 7) is 1.52. The van der Waals surface area contributed by atoms with Gasteiger partial charge in [0.2, 0.25) is 0 Å². The van der Waals surface area contributed by atoms with Crippen molar-refractivity contribution in [2.45, 2.75) is 18.9 Å². The molecular formula is C25H22F2N6O. The Hall–Kier alpha value is -4.03. The highest BCUT2D eigenvalue weighted by Gasteiger charge is 2.24. The van der Waals surface area contributed by atoms with Gasteiger partial charge in [0.05, 0.1) is 24.0 Å². The number of piperidine rings is 1. The van der Waals surface area contributed by atoms with Gasteiger partial charge in [-0.25, -0.2) is 18.7 Å². The van der Waals surface area contributed by atoms with Crippen LogP contribution in [0.4, 0.5) is 14.5 Å². The van der Waals surface area contributed by atoms with Crippen molar-refractivity contribution in [1.82, 2.24) is 14.5 Å². The molecule has 1 fully saturated rings. The van der Waals surface area contributed by atoms with Crippen LogP contribution in [0.1, 0.15) is 18.4 Å². The van der Waals surface area contributed by atoms with Gasteiger partial charge in [-0.1, -0.05) is 0 Å². The van der Waals surface area contributed by atoms with E-state index in [0.29, 0.717) is 34.8 Å². The van der Waals surface area contributed by atoms with Gasteiger partial charge in [0.25, 0.3) is 0 Å². The molecule has 1 aliphatic heterocycles. The Morgan fingerprint density at radius 3 is 2.71 bits per heavy atom. The maximum Gasteiger partial charge on any atom is 0.167 e. The van der Waals surface area contributed by atoms with Gasteiger partial charge in [-0.05, 0) is 49.2 Å². The van der Waals surface area contributed by atoms with E-state index in [-0.39, 0.29) is 17.4 Å². The summed E-state index contributed by atoms with van der Waals surface area (Å²) in [6.07, 6.45) is 3.60. The van der Waals surface area contributed by atoms with Gasteiger partial charge >= 0.3 is 0 Å². The molecule has 2 aromatic carbocycles. The lowest BCUT2D eigenvalue weighted by Crippen LogP contribution is -2.42. The highest BCUT2D eigenvalue weighted by Crippen LogP contribution is 2.34. The third-order valence-electron chi connectivity index (χ3n) is 6.06. The third kappa shape index (κ3) is 3.72. The van der Waals surface area contributed by atoms with E-state index in [0.717, 1.165) is 25.1 Å². The number of anilines is 1. The standard InChI is InChI=1S/C25H22F2N6O/c1-34-22-7-6-18(12-20(22)27)33-24(15-4-5-16(13-28)19(26)11-15)31-23-21(8-9-30-25(23)33)32-10-2-3-17(29)14-32/h4-9,11-12,17H,2-3,10,14,29H2,1H3/t17-/m1/s1. The van der Waals surface area contributed by atoms with Crippen LogP contribution >= 0.6 is 0 Å². The first-order chi connectivity index (χ1) is 16.5. The molecule has 0 spiro atoms. The smallest absolute Gasteiger partial charge is 0.167 e. The van der Waals surface area contributed by atoms with Crippen LogP contribution in [0.3, 0.4) is 0 Å². The number of nitrogens with two attached hydrogens (primary N) is 1. The fraction of sp³-hybridized carbons (Fsp3) is 0.240. The van der Waals surface area contributed by atoms with Crippen LogP contribution in [0.2, 0.25) is 0 Å². The van der Waals surface area contributed by atoms with Crippen molar-refractivity contribution < 1.29 is 13.5 Å². The number of imidazole rings is 1. The number of nitriles is 1. The van der Waals surface area contributed by atoms with Crippen molar-refractivity contribution in [3.8, 4) is 28.9 Å². The van der Waals surface area contributed by atoms with Gasteiger partial charge in [-0.2, -0.15) is 5.26 Å². The van der Waals surface area contributed by atoms with Crippen molar-refractivity contribution in [2.24, 2.45) is 5.73 Å². The van der Waals surface area contributed by atoms with Gasteiger partial charge in [0.1, 0.15) is 23.2 Å². The molecule has 5 rings (SSSR count). The summed E-state index contributed by atoms with van der Waals surface area (Å²) in [7, 11) is 1.40. The third-order valence-corrected chi connectivity index (χ3v) is 6.06. The molecule has 1 saturated heterocycles. The monoisotopic (exact) mass is 460 g/mol. The Morgan fingerprint density at radius 1 is 1.15 bits per heavy atom. The number of benzene rings is 2. The van der Waals surface area contributed by atoms with E-state index in [4.69, 9.17) is 20.7 Å². The minimum Gasteiger partial charge on any atom is -0.494 e. The molecule has 0 aliphatic carbocycles. The molecule has 0 bridgehead atoms. The van der Waals surface area contributed by atoms with Crippen LogP contribution in [0.15, 0.2) is 48.7 Å². The minimum absolute atomic E-state index is 0.0572. The molecule has 172 valence electrons. The highest BCUT2D eigenvalue weighted by atomic mass is 19.1. The molecule has 0 amide bonds. The predicted molar refractivity (Wildman–Crippen MR) is 125 cm³/mol. The average molecular weight is 460 g/mol. The van der Waals surface area contributed by atoms with E-state index in [1.807, 2.05) is 12.1 Å². The fourth-order valence-electron chi connectivity index (χ4n) is 4.42. The molecule has 1 aliphatic rings. The maximum absolute atomic E-state index is 14.7. The Kier molecular flexibility index (Phi) is 5.59. The van der Waals surface area contributed by atoms with E-state index < -0.39 is 11.6 Å². The molecule has 0 radical (unpaired) electrons. The molecular weight excluding hydrogens is 438 g/mol. The zero-order valence-electron chi connectivity index (χ0n) is 18.5. The highest BCUT2D eigenvalue weighted by molar-refractivity contribution is 5.90. The second-order valence-corrected chi connectivity index (χ2v) is 8.25. The summed E-state index contributed by atoms with van der Waals surface area (Å²) < 4.78 is 35.9. The van der Waals surface area contributed by atoms with Gasteiger partial charge in [0.15, 0.2) is 17.2 Å². The summed E-state index contributed by atoms with van der Waals surface area (Å²) in [4.78, 5) is 11.6. The number of hydrogen-bond donors (Lipinski definition) is 1. The summed E-state index contributed by atoms with van der Waals surface area (Å²) in [5.41, 5.74) is 9.01. The number of fused-ring (bicyclic) bond motifs is 1. The topological polar surface area (TPSA) is 93.0 Å². The lowest BCUT2D eigenvalue weighted by atomic mass is 10.1. The first-order valence-corrected chi connectivity index (χ1v) is 10.9. The van der Waals surface area contributed by atoms with Gasteiger partial charge in [-0.15, -0.1) is 0 Å². The van der Waals surface area contributed by atoms with Crippen molar-refractivity contribution in [2.75, 3.05) is 25.1 Å². The fourth-order valence-corrected chi connectivity index (χ4v) is 4.42. The number of rotatable bonds is 4. The lowest BCUT2D eigenvalue weighted by Gasteiger charge is -2.32. The number of hydrogen-bond acceptors (Lipinski definition) is 6. The largest absolute Gasteiger partial charge is 0.494 e. The number of aromatic nitrogens is 3. The Morgan fingerprint density at radius 2 is 2.00 bits per heavy atom. The van der Waals surface area contributed by atoms with Crippen LogP contribution < -0.4 is 15.4 Å². The Balaban J connectivity index is 1.76. The molecule has 34 heavy (non-hydrogen) atoms. The normalized spacial score (nSPS) is 16.0. The molecule has 0 unspecified atom stereocenters. The molecule has 7 nitrogen and oxygen atoms in total. The summed E-state index contributed by atoms with van der Waals surface area (Å²) in [6, 6.07) is 12.6. The van der Waals surface area contributed by atoms with Crippen LogP contribution in [0.5, 0.6) is 5.75 Å². The van der Waals surface area contributed by atoms with Crippen LogP contribution in [0.25, 0.3) is 28.2 Å². The molecule has 1 atom stereocenters. The molecule has 0 saturated carbocycles. The number of pyridine rings is 1. The maximum atomic E-state index is 14.7. The van der Waals surface area contributed by atoms with Crippen LogP contribution in [-0.2, 0) is 0 Å². The van der Waals surface area contributed by atoms with Gasteiger partial charge in [0, 0.05) is 37.0 Å². The quantitative estimate of drug-likeness (QED) is 0.491. The molecule has 3 heterocycles. The lowest BCUT2D eigenvalue weighted by molar-refractivity contribution is 0.386. The first-order valence-electron chi connectivity index (χ1n) is 10.9. The number of halogens is 2. The van der Waals surface area contributed by atoms with E-state index in [9.17, 15) is 8.78 Å². The summed E-state index contributed by atoms with van der Waals surface area (Å²) in [5, 5.41) is 9.12. The molecule has 2 aromatic heterocycles. The van der Waals surface area contributed by atoms with Crippen molar-refractivity contribution >= 4 is 16.9 Å². The molecule has 2 N–H and O–H groups in total. The number of nitrogens with zero attached hydrogens (tertiary/aromatic N) is 5. The number of ether oxygens (including phenoxy) is 1. The number of methoxy groups -OCH3 is 1. The Bertz CT molecular complexity index is 1430. The Labute approximate surface area is 195 Å². The van der Waals surface area contributed by atoms with Crippen molar-refractivity contribution in [1.29, 1.82) is 5.26 Å². The zero-order valence-corrected chi connectivity index (χ0v) is 18.5. The second-order valence-electron chi connectivity index (χ2n) is 8.25. The van der Waals surface area contributed by atoms with Gasteiger partial charge in [-0.3, -0.25) is 4.57 Å². The first kappa shape index (κ1) is 21.8. The van der Waals surface area contributed by atoms with E-state index in [2.05, 4.69) is 9.88 Å². The summed E-state index contributed by atoms with van der Waals surface area (Å²) >= 11 is 0. The predicted octanol–water partition coefficient (Wildman–Crippen LogP) is 4.17. The van der Waals surface area contributed by atoms with Crippen LogP contribution in [0, 0.1) is 23.0 Å². The van der Waals surface area contributed by atoms with Crippen molar-refractivity contribution in [3.05, 3.63) is 65.9 Å². The van der Waals surface area contributed by atoms with E-state index >= 15 is 0 Å². The average Bonchev–Trinajstić information content (AvgIpc) is 3.23. The van der Waals surface area contributed by atoms with Gasteiger partial charge < -0.3 is 15.4 Å². The van der Waals surface area contributed by atoms with Crippen molar-refractivity contribution in [3.63, 3.8) is 0 Å².